The van der Waals surface area contributed by atoms with Gasteiger partial charge in [0.25, 0.3) is 0 Å². The SMILES string of the molecule is CCc1ccc(C2=NOC(C(=O)O)C2)cc1. The van der Waals surface area contributed by atoms with Crippen LogP contribution < -0.4 is 0 Å². The van der Waals surface area contributed by atoms with Crippen molar-refractivity contribution in [1.29, 1.82) is 0 Å². The van der Waals surface area contributed by atoms with Gasteiger partial charge in [0.15, 0.2) is 0 Å². The Balaban J connectivity index is 2.11. The van der Waals surface area contributed by atoms with E-state index in [-0.39, 0.29) is 0 Å². The lowest BCUT2D eigenvalue weighted by Gasteiger charge is -2.01. The molecular formula is C12H13NO3. The maximum Gasteiger partial charge on any atom is 0.348 e. The van der Waals surface area contributed by atoms with Crippen molar-refractivity contribution in [3.63, 3.8) is 0 Å². The first-order valence-electron chi connectivity index (χ1n) is 5.25. The highest BCUT2D eigenvalue weighted by molar-refractivity contribution is 6.03. The van der Waals surface area contributed by atoms with Gasteiger partial charge in [-0.2, -0.15) is 0 Å². The summed E-state index contributed by atoms with van der Waals surface area (Å²) in [5.41, 5.74) is 2.88. The van der Waals surface area contributed by atoms with Gasteiger partial charge in [0.1, 0.15) is 0 Å². The Morgan fingerprint density at radius 1 is 1.50 bits per heavy atom. The van der Waals surface area contributed by atoms with E-state index < -0.39 is 12.1 Å². The topological polar surface area (TPSA) is 58.9 Å². The minimum Gasteiger partial charge on any atom is -0.478 e. The van der Waals surface area contributed by atoms with Crippen LogP contribution in [-0.2, 0) is 16.1 Å². The Morgan fingerprint density at radius 2 is 2.19 bits per heavy atom. The van der Waals surface area contributed by atoms with Crippen molar-refractivity contribution in [3.05, 3.63) is 35.4 Å². The third kappa shape index (κ3) is 2.05. The van der Waals surface area contributed by atoms with Gasteiger partial charge in [-0.15, -0.1) is 0 Å². The number of oxime groups is 1. The molecule has 0 aliphatic carbocycles. The summed E-state index contributed by atoms with van der Waals surface area (Å²) >= 11 is 0. The number of hydrogen-bond acceptors (Lipinski definition) is 3. The monoisotopic (exact) mass is 219 g/mol. The van der Waals surface area contributed by atoms with E-state index in [4.69, 9.17) is 9.94 Å². The Kier molecular flexibility index (Phi) is 2.90. The maximum absolute atomic E-state index is 10.7. The Morgan fingerprint density at radius 3 is 2.69 bits per heavy atom. The van der Waals surface area contributed by atoms with Gasteiger partial charge < -0.3 is 9.94 Å². The second-order valence-corrected chi connectivity index (χ2v) is 3.72. The summed E-state index contributed by atoms with van der Waals surface area (Å²) in [6, 6.07) is 7.94. The van der Waals surface area contributed by atoms with E-state index in [1.54, 1.807) is 0 Å². The molecule has 0 saturated heterocycles. The summed E-state index contributed by atoms with van der Waals surface area (Å²) in [4.78, 5) is 15.5. The average Bonchev–Trinajstić information content (AvgIpc) is 2.78. The van der Waals surface area contributed by atoms with Gasteiger partial charge in [0.2, 0.25) is 6.10 Å². The van der Waals surface area contributed by atoms with E-state index >= 15 is 0 Å². The molecule has 1 atom stereocenters. The van der Waals surface area contributed by atoms with Gasteiger partial charge in [0.05, 0.1) is 5.71 Å². The number of benzene rings is 1. The van der Waals surface area contributed by atoms with Crippen LogP contribution in [0.5, 0.6) is 0 Å². The molecule has 4 nitrogen and oxygen atoms in total. The van der Waals surface area contributed by atoms with E-state index in [0.717, 1.165) is 12.0 Å². The Hall–Kier alpha value is -1.84. The fourth-order valence-electron chi connectivity index (χ4n) is 1.61. The zero-order chi connectivity index (χ0) is 11.5. The smallest absolute Gasteiger partial charge is 0.348 e. The van der Waals surface area contributed by atoms with Crippen molar-refractivity contribution in [3.8, 4) is 0 Å². The molecule has 1 aliphatic rings. The van der Waals surface area contributed by atoms with Crippen molar-refractivity contribution >= 4 is 11.7 Å². The zero-order valence-corrected chi connectivity index (χ0v) is 9.01. The number of rotatable bonds is 3. The number of carboxylic acid groups (broad SMARTS) is 1. The van der Waals surface area contributed by atoms with Gasteiger partial charge in [-0.25, -0.2) is 4.79 Å². The molecule has 2 rings (SSSR count). The van der Waals surface area contributed by atoms with E-state index in [2.05, 4.69) is 12.1 Å². The molecule has 0 spiro atoms. The van der Waals surface area contributed by atoms with Crippen molar-refractivity contribution in [1.82, 2.24) is 0 Å². The molecular weight excluding hydrogens is 206 g/mol. The van der Waals surface area contributed by atoms with Crippen LogP contribution in [0.3, 0.4) is 0 Å². The lowest BCUT2D eigenvalue weighted by Crippen LogP contribution is -2.19. The fraction of sp³-hybridized carbons (Fsp3) is 0.333. The van der Waals surface area contributed by atoms with Crippen molar-refractivity contribution in [2.24, 2.45) is 5.16 Å². The van der Waals surface area contributed by atoms with Crippen LogP contribution >= 0.6 is 0 Å². The predicted octanol–water partition coefficient (Wildman–Crippen LogP) is 1.83. The molecule has 1 aromatic carbocycles. The highest BCUT2D eigenvalue weighted by Crippen LogP contribution is 2.17. The summed E-state index contributed by atoms with van der Waals surface area (Å²) in [5.74, 6) is -0.969. The molecule has 1 aliphatic heterocycles. The number of carbonyl (C=O) groups is 1. The van der Waals surface area contributed by atoms with Crippen molar-refractivity contribution < 1.29 is 14.7 Å². The summed E-state index contributed by atoms with van der Waals surface area (Å²) in [7, 11) is 0. The second-order valence-electron chi connectivity index (χ2n) is 3.72. The van der Waals surface area contributed by atoms with Crippen LogP contribution in [0.15, 0.2) is 29.4 Å². The minimum atomic E-state index is -0.969. The largest absolute Gasteiger partial charge is 0.478 e. The highest BCUT2D eigenvalue weighted by atomic mass is 16.7. The average molecular weight is 219 g/mol. The van der Waals surface area contributed by atoms with E-state index in [9.17, 15) is 4.79 Å². The molecule has 1 aromatic rings. The van der Waals surface area contributed by atoms with E-state index in [1.807, 2.05) is 24.3 Å². The first-order valence-corrected chi connectivity index (χ1v) is 5.25. The van der Waals surface area contributed by atoms with Crippen molar-refractivity contribution in [2.75, 3.05) is 0 Å². The van der Waals surface area contributed by atoms with E-state index in [1.165, 1.54) is 5.56 Å². The molecule has 0 radical (unpaired) electrons. The highest BCUT2D eigenvalue weighted by Gasteiger charge is 2.28. The van der Waals surface area contributed by atoms with Crippen LogP contribution in [0.4, 0.5) is 0 Å². The summed E-state index contributed by atoms with van der Waals surface area (Å²) in [6.45, 7) is 2.09. The molecule has 1 unspecified atom stereocenters. The number of hydrogen-bond donors (Lipinski definition) is 1. The van der Waals surface area contributed by atoms with Crippen LogP contribution in [0, 0.1) is 0 Å². The van der Waals surface area contributed by atoms with Gasteiger partial charge in [0, 0.05) is 6.42 Å². The predicted molar refractivity (Wildman–Crippen MR) is 59.5 cm³/mol. The Labute approximate surface area is 93.5 Å². The third-order valence-electron chi connectivity index (χ3n) is 2.64. The maximum atomic E-state index is 10.7. The lowest BCUT2D eigenvalue weighted by molar-refractivity contribution is -0.148. The van der Waals surface area contributed by atoms with Crippen LogP contribution in [0.25, 0.3) is 0 Å². The molecule has 0 bridgehead atoms. The number of nitrogens with zero attached hydrogens (tertiary/aromatic N) is 1. The van der Waals surface area contributed by atoms with Crippen LogP contribution in [-0.4, -0.2) is 22.9 Å². The summed E-state index contributed by atoms with van der Waals surface area (Å²) in [6.07, 6.45) is 0.489. The third-order valence-corrected chi connectivity index (χ3v) is 2.64. The second kappa shape index (κ2) is 4.35. The minimum absolute atomic E-state index is 0.334. The fourth-order valence-corrected chi connectivity index (χ4v) is 1.61. The first-order chi connectivity index (χ1) is 7.70. The van der Waals surface area contributed by atoms with Gasteiger partial charge in [-0.3, -0.25) is 0 Å². The van der Waals surface area contributed by atoms with Gasteiger partial charge in [-0.05, 0) is 17.5 Å². The van der Waals surface area contributed by atoms with Crippen molar-refractivity contribution in [2.45, 2.75) is 25.9 Å². The van der Waals surface area contributed by atoms with Gasteiger partial charge in [-0.1, -0.05) is 36.3 Å². The zero-order valence-electron chi connectivity index (χ0n) is 9.01. The van der Waals surface area contributed by atoms with Crippen LogP contribution in [0.1, 0.15) is 24.5 Å². The molecule has 4 heteroatoms. The normalized spacial score (nSPS) is 19.1. The van der Waals surface area contributed by atoms with Gasteiger partial charge >= 0.3 is 5.97 Å². The summed E-state index contributed by atoms with van der Waals surface area (Å²) < 4.78 is 0. The molecule has 0 saturated carbocycles. The molecule has 1 heterocycles. The molecule has 16 heavy (non-hydrogen) atoms. The first kappa shape index (κ1) is 10.7. The number of aryl methyl sites for hydroxylation is 1. The molecule has 0 amide bonds. The summed E-state index contributed by atoms with van der Waals surface area (Å²) in [5, 5.41) is 12.6. The molecule has 84 valence electrons. The number of aliphatic carboxylic acids is 1. The number of carboxylic acids is 1. The molecule has 1 N–H and O–H groups in total. The standard InChI is InChI=1S/C12H13NO3/c1-2-8-3-5-9(6-4-8)10-7-11(12(14)15)16-13-10/h3-6,11H,2,7H2,1H3,(H,14,15). The van der Waals surface area contributed by atoms with E-state index in [0.29, 0.717) is 12.1 Å². The quantitative estimate of drug-likeness (QED) is 0.843. The van der Waals surface area contributed by atoms with Crippen LogP contribution in [0.2, 0.25) is 0 Å². The molecule has 0 fully saturated rings. The lowest BCUT2D eigenvalue weighted by atomic mass is 10.0. The Bertz CT molecular complexity index is 422. The molecule has 0 aromatic heterocycles.